The first-order chi connectivity index (χ1) is 13.7. The normalized spacial score (nSPS) is 26.3. The second-order valence-corrected chi connectivity index (χ2v) is 8.71. The number of urea groups is 1. The van der Waals surface area contributed by atoms with Crippen LogP contribution in [-0.2, 0) is 4.79 Å². The third-order valence-corrected chi connectivity index (χ3v) is 6.86. The molecular weight excluding hydrogens is 350 g/mol. The molecule has 2 aliphatic heterocycles. The molecule has 0 unspecified atom stereocenters. The molecule has 0 aromatic heterocycles. The van der Waals surface area contributed by atoms with Crippen molar-refractivity contribution in [1.82, 2.24) is 15.1 Å². The van der Waals surface area contributed by atoms with Crippen LogP contribution in [0.4, 0.5) is 4.79 Å². The number of hydrogen-bond acceptors (Lipinski definition) is 2. The van der Waals surface area contributed by atoms with Crippen LogP contribution in [0.25, 0.3) is 0 Å². The first kappa shape index (κ1) is 19.3. The van der Waals surface area contributed by atoms with Crippen LogP contribution in [0.2, 0.25) is 0 Å². The number of hydrogen-bond donors (Lipinski definition) is 1. The molecule has 1 saturated carbocycles. The van der Waals surface area contributed by atoms with Crippen molar-refractivity contribution < 1.29 is 9.59 Å². The highest BCUT2D eigenvalue weighted by Crippen LogP contribution is 2.33. The summed E-state index contributed by atoms with van der Waals surface area (Å²) in [5.41, 5.74) is 1.43. The van der Waals surface area contributed by atoms with E-state index >= 15 is 0 Å². The Labute approximate surface area is 168 Å². The molecule has 2 heterocycles. The molecule has 28 heavy (non-hydrogen) atoms. The number of piperidine rings is 1. The van der Waals surface area contributed by atoms with Crippen LogP contribution >= 0.6 is 0 Å². The average Bonchev–Trinajstić information content (AvgIpc) is 3.29. The summed E-state index contributed by atoms with van der Waals surface area (Å²) in [6, 6.07) is 11.2. The minimum Gasteiger partial charge on any atom is -0.353 e. The summed E-state index contributed by atoms with van der Waals surface area (Å²) in [6.07, 6.45) is 8.27. The summed E-state index contributed by atoms with van der Waals surface area (Å²) in [5, 5.41) is 3.31. The molecule has 3 aliphatic rings. The number of benzene rings is 1. The van der Waals surface area contributed by atoms with Gasteiger partial charge >= 0.3 is 6.03 Å². The van der Waals surface area contributed by atoms with Gasteiger partial charge in [-0.2, -0.15) is 0 Å². The minimum atomic E-state index is 0.0643. The fourth-order valence-electron chi connectivity index (χ4n) is 5.06. The van der Waals surface area contributed by atoms with E-state index in [9.17, 15) is 9.59 Å². The summed E-state index contributed by atoms with van der Waals surface area (Å²) in [6.45, 7) is 3.22. The minimum absolute atomic E-state index is 0.0643. The Bertz CT molecular complexity index is 656. The number of nitrogens with one attached hydrogen (secondary N) is 1. The molecule has 4 rings (SSSR count). The molecular formula is C23H33N3O2. The van der Waals surface area contributed by atoms with Crippen molar-refractivity contribution in [2.75, 3.05) is 26.2 Å². The Morgan fingerprint density at radius 2 is 1.39 bits per heavy atom. The van der Waals surface area contributed by atoms with E-state index in [0.717, 1.165) is 64.5 Å². The van der Waals surface area contributed by atoms with Crippen LogP contribution in [0, 0.1) is 5.92 Å². The SMILES string of the molecule is O=C(NC1CCC(c2ccccc2)CC1)C1CCN(C(=O)N2CCCC2)CC1. The topological polar surface area (TPSA) is 52.7 Å². The fourth-order valence-corrected chi connectivity index (χ4v) is 5.06. The molecule has 152 valence electrons. The average molecular weight is 384 g/mol. The van der Waals surface area contributed by atoms with E-state index in [1.807, 2.05) is 9.80 Å². The Morgan fingerprint density at radius 1 is 0.786 bits per heavy atom. The van der Waals surface area contributed by atoms with Crippen molar-refractivity contribution in [2.45, 2.75) is 63.3 Å². The molecule has 0 spiro atoms. The molecule has 3 fully saturated rings. The summed E-state index contributed by atoms with van der Waals surface area (Å²) in [4.78, 5) is 29.1. The third-order valence-electron chi connectivity index (χ3n) is 6.86. The maximum absolute atomic E-state index is 12.7. The largest absolute Gasteiger partial charge is 0.353 e. The molecule has 2 saturated heterocycles. The van der Waals surface area contributed by atoms with E-state index in [2.05, 4.69) is 35.6 Å². The van der Waals surface area contributed by atoms with Gasteiger partial charge in [0.05, 0.1) is 0 Å². The van der Waals surface area contributed by atoms with Crippen molar-refractivity contribution in [3.05, 3.63) is 35.9 Å². The van der Waals surface area contributed by atoms with E-state index in [4.69, 9.17) is 0 Å². The lowest BCUT2D eigenvalue weighted by molar-refractivity contribution is -0.127. The standard InChI is InChI=1S/C23H33N3O2/c27-22(20-12-16-26(17-13-20)23(28)25-14-4-5-15-25)24-21-10-8-19(9-11-21)18-6-2-1-3-7-18/h1-3,6-7,19-21H,4-5,8-17H2,(H,24,27). The highest BCUT2D eigenvalue weighted by molar-refractivity contribution is 5.80. The highest BCUT2D eigenvalue weighted by Gasteiger charge is 2.32. The van der Waals surface area contributed by atoms with Gasteiger partial charge in [-0.3, -0.25) is 4.79 Å². The lowest BCUT2D eigenvalue weighted by Crippen LogP contribution is -2.49. The predicted octanol–water partition coefficient (Wildman–Crippen LogP) is 3.76. The molecule has 5 heteroatoms. The lowest BCUT2D eigenvalue weighted by atomic mass is 9.81. The first-order valence-corrected chi connectivity index (χ1v) is 11.1. The van der Waals surface area contributed by atoms with Crippen molar-refractivity contribution in [3.8, 4) is 0 Å². The maximum atomic E-state index is 12.7. The van der Waals surface area contributed by atoms with Gasteiger partial charge in [-0.1, -0.05) is 30.3 Å². The zero-order chi connectivity index (χ0) is 19.3. The predicted molar refractivity (Wildman–Crippen MR) is 110 cm³/mol. The van der Waals surface area contributed by atoms with E-state index < -0.39 is 0 Å². The van der Waals surface area contributed by atoms with Crippen molar-refractivity contribution in [2.24, 2.45) is 5.92 Å². The Kier molecular flexibility index (Phi) is 6.18. The second kappa shape index (κ2) is 8.97. The molecule has 1 aromatic carbocycles. The van der Waals surface area contributed by atoms with E-state index in [-0.39, 0.29) is 17.9 Å². The number of carbonyl (C=O) groups excluding carboxylic acids is 2. The maximum Gasteiger partial charge on any atom is 0.319 e. The number of likely N-dealkylation sites (tertiary alicyclic amines) is 2. The van der Waals surface area contributed by atoms with Crippen molar-refractivity contribution in [3.63, 3.8) is 0 Å². The molecule has 0 bridgehead atoms. The molecule has 0 radical (unpaired) electrons. The van der Waals surface area contributed by atoms with Gasteiger partial charge in [-0.15, -0.1) is 0 Å². The van der Waals surface area contributed by atoms with Gasteiger partial charge in [0.25, 0.3) is 0 Å². The third kappa shape index (κ3) is 4.50. The van der Waals surface area contributed by atoms with Crippen LogP contribution in [0.5, 0.6) is 0 Å². The van der Waals surface area contributed by atoms with Crippen LogP contribution in [0.3, 0.4) is 0 Å². The van der Waals surface area contributed by atoms with Gasteiger partial charge in [-0.05, 0) is 62.8 Å². The fraction of sp³-hybridized carbons (Fsp3) is 0.652. The molecule has 0 atom stereocenters. The Balaban J connectivity index is 1.19. The van der Waals surface area contributed by atoms with Gasteiger partial charge in [0, 0.05) is 38.1 Å². The first-order valence-electron chi connectivity index (χ1n) is 11.1. The molecule has 1 aromatic rings. The van der Waals surface area contributed by atoms with Crippen molar-refractivity contribution >= 4 is 11.9 Å². The summed E-state index contributed by atoms with van der Waals surface area (Å²) in [5.74, 6) is 0.903. The van der Waals surface area contributed by atoms with Crippen LogP contribution in [-0.4, -0.2) is 54.0 Å². The number of nitrogens with zero attached hydrogens (tertiary/aromatic N) is 2. The number of amides is 3. The zero-order valence-electron chi connectivity index (χ0n) is 16.8. The Hall–Kier alpha value is -2.04. The zero-order valence-corrected chi connectivity index (χ0v) is 16.8. The summed E-state index contributed by atoms with van der Waals surface area (Å²) < 4.78 is 0. The van der Waals surface area contributed by atoms with Gasteiger partial charge in [0.2, 0.25) is 5.91 Å². The molecule has 1 aliphatic carbocycles. The quantitative estimate of drug-likeness (QED) is 0.864. The van der Waals surface area contributed by atoms with Gasteiger partial charge in [0.1, 0.15) is 0 Å². The number of rotatable bonds is 3. The van der Waals surface area contributed by atoms with E-state index in [0.29, 0.717) is 25.0 Å². The van der Waals surface area contributed by atoms with Crippen LogP contribution in [0.1, 0.15) is 62.8 Å². The van der Waals surface area contributed by atoms with Crippen LogP contribution in [0.15, 0.2) is 30.3 Å². The lowest BCUT2D eigenvalue weighted by Gasteiger charge is -2.35. The molecule has 5 nitrogen and oxygen atoms in total. The van der Waals surface area contributed by atoms with E-state index in [1.54, 1.807) is 0 Å². The van der Waals surface area contributed by atoms with Gasteiger partial charge in [-0.25, -0.2) is 4.79 Å². The van der Waals surface area contributed by atoms with Crippen molar-refractivity contribution in [1.29, 1.82) is 0 Å². The summed E-state index contributed by atoms with van der Waals surface area (Å²) in [7, 11) is 0. The Morgan fingerprint density at radius 3 is 2.04 bits per heavy atom. The van der Waals surface area contributed by atoms with Crippen LogP contribution < -0.4 is 5.32 Å². The molecule has 1 N–H and O–H groups in total. The second-order valence-electron chi connectivity index (χ2n) is 8.71. The van der Waals surface area contributed by atoms with E-state index in [1.165, 1.54) is 5.56 Å². The monoisotopic (exact) mass is 383 g/mol. The molecule has 3 amide bonds. The summed E-state index contributed by atoms with van der Waals surface area (Å²) >= 11 is 0. The smallest absolute Gasteiger partial charge is 0.319 e. The highest BCUT2D eigenvalue weighted by atomic mass is 16.2. The van der Waals surface area contributed by atoms with Gasteiger partial charge in [0.15, 0.2) is 0 Å². The van der Waals surface area contributed by atoms with Gasteiger partial charge < -0.3 is 15.1 Å². The number of carbonyl (C=O) groups is 2.